The molecular weight excluding hydrogens is 305 g/mol. The molecule has 122 valence electrons. The van der Waals surface area contributed by atoms with Crippen molar-refractivity contribution in [2.75, 3.05) is 13.1 Å². The lowest BCUT2D eigenvalue weighted by Crippen LogP contribution is -2.36. The molecule has 2 rings (SSSR count). The van der Waals surface area contributed by atoms with Gasteiger partial charge in [0.15, 0.2) is 9.84 Å². The van der Waals surface area contributed by atoms with E-state index in [1.807, 2.05) is 13.8 Å². The molecule has 1 amide bonds. The summed E-state index contributed by atoms with van der Waals surface area (Å²) in [5, 5.41) is -0.601. The zero-order valence-corrected chi connectivity index (χ0v) is 13.8. The van der Waals surface area contributed by atoms with Crippen molar-refractivity contribution >= 4 is 15.7 Å². The first kappa shape index (κ1) is 16.9. The lowest BCUT2D eigenvalue weighted by molar-refractivity contribution is -0.134. The highest BCUT2D eigenvalue weighted by Crippen LogP contribution is 2.26. The van der Waals surface area contributed by atoms with Gasteiger partial charge in [0, 0.05) is 19.0 Å². The van der Waals surface area contributed by atoms with Crippen molar-refractivity contribution in [3.8, 4) is 0 Å². The number of halogens is 1. The van der Waals surface area contributed by atoms with E-state index < -0.39 is 20.9 Å². The molecule has 1 heterocycles. The highest BCUT2D eigenvalue weighted by atomic mass is 32.2. The number of hydrogen-bond donors (Lipinski definition) is 0. The van der Waals surface area contributed by atoms with Gasteiger partial charge in [0.05, 0.1) is 10.1 Å². The predicted octanol–water partition coefficient (Wildman–Crippen LogP) is 2.64. The molecule has 1 aromatic rings. The Balaban J connectivity index is 2.12. The molecule has 0 N–H and O–H groups in total. The molecule has 1 aliphatic heterocycles. The van der Waals surface area contributed by atoms with E-state index >= 15 is 0 Å². The molecule has 0 radical (unpaired) electrons. The number of rotatable bonds is 5. The number of hydrogen-bond acceptors (Lipinski definition) is 3. The summed E-state index contributed by atoms with van der Waals surface area (Å²) in [5.74, 6) is -0.454. The smallest absolute Gasteiger partial charge is 0.225 e. The maximum atomic E-state index is 12.9. The van der Waals surface area contributed by atoms with Gasteiger partial charge in [-0.1, -0.05) is 13.8 Å². The summed E-state index contributed by atoms with van der Waals surface area (Å²) in [6, 6.07) is 4.87. The van der Waals surface area contributed by atoms with E-state index in [4.69, 9.17) is 0 Å². The van der Waals surface area contributed by atoms with Crippen molar-refractivity contribution < 1.29 is 17.6 Å². The van der Waals surface area contributed by atoms with Crippen molar-refractivity contribution in [3.63, 3.8) is 0 Å². The van der Waals surface area contributed by atoms with Crippen molar-refractivity contribution in [2.24, 2.45) is 5.92 Å². The fraction of sp³-hybridized carbons (Fsp3) is 0.562. The van der Waals surface area contributed by atoms with Crippen LogP contribution in [-0.2, 0) is 14.6 Å². The summed E-state index contributed by atoms with van der Waals surface area (Å²) >= 11 is 0. The monoisotopic (exact) mass is 327 g/mol. The Morgan fingerprint density at radius 2 is 1.86 bits per heavy atom. The summed E-state index contributed by atoms with van der Waals surface area (Å²) in [7, 11) is -3.52. The number of likely N-dealkylation sites (tertiary alicyclic amines) is 1. The summed E-state index contributed by atoms with van der Waals surface area (Å²) in [6.07, 6.45) is 1.97. The number of sulfone groups is 1. The largest absolute Gasteiger partial charge is 0.341 e. The first-order valence-electron chi connectivity index (χ1n) is 7.68. The highest BCUT2D eigenvalue weighted by Gasteiger charge is 2.37. The first-order valence-corrected chi connectivity index (χ1v) is 9.23. The summed E-state index contributed by atoms with van der Waals surface area (Å²) < 4.78 is 38.1. The number of benzene rings is 1. The second-order valence-corrected chi connectivity index (χ2v) is 7.94. The second-order valence-electron chi connectivity index (χ2n) is 5.71. The van der Waals surface area contributed by atoms with Crippen LogP contribution in [0.25, 0.3) is 0 Å². The Hall–Kier alpha value is -1.43. The minimum Gasteiger partial charge on any atom is -0.341 e. The predicted molar refractivity (Wildman–Crippen MR) is 82.6 cm³/mol. The fourth-order valence-corrected chi connectivity index (χ4v) is 4.59. The van der Waals surface area contributed by atoms with Crippen LogP contribution >= 0.6 is 0 Å². The molecular formula is C16H22FNO3S. The molecule has 1 aliphatic rings. The molecule has 1 fully saturated rings. The molecule has 0 spiro atoms. The zero-order valence-electron chi connectivity index (χ0n) is 13.0. The van der Waals surface area contributed by atoms with Crippen LogP contribution in [0.1, 0.15) is 33.1 Å². The van der Waals surface area contributed by atoms with Crippen molar-refractivity contribution in [2.45, 2.75) is 43.3 Å². The summed E-state index contributed by atoms with van der Waals surface area (Å²) in [5.41, 5.74) is 0. The lowest BCUT2D eigenvalue weighted by Gasteiger charge is -2.21. The minimum absolute atomic E-state index is 0.0349. The molecule has 0 bridgehead atoms. The maximum Gasteiger partial charge on any atom is 0.225 e. The third-order valence-electron chi connectivity index (χ3n) is 4.37. The normalized spacial score (nSPS) is 18.9. The minimum atomic E-state index is -3.52. The number of nitrogens with zero attached hydrogens (tertiary/aromatic N) is 1. The zero-order chi connectivity index (χ0) is 16.3. The van der Waals surface area contributed by atoms with Crippen LogP contribution in [0, 0.1) is 11.7 Å². The van der Waals surface area contributed by atoms with Gasteiger partial charge in [-0.2, -0.15) is 0 Å². The molecule has 1 aromatic carbocycles. The molecule has 1 saturated heterocycles. The van der Waals surface area contributed by atoms with Crippen molar-refractivity contribution in [1.82, 2.24) is 4.90 Å². The van der Waals surface area contributed by atoms with E-state index in [1.165, 1.54) is 12.1 Å². The molecule has 0 aliphatic carbocycles. The molecule has 22 heavy (non-hydrogen) atoms. The SMILES string of the molecule is CCC(CC)C(=O)N1CCC(S(=O)(=O)c2ccc(F)cc2)C1. The third-order valence-corrected chi connectivity index (χ3v) is 6.56. The van der Waals surface area contributed by atoms with Gasteiger partial charge in [-0.15, -0.1) is 0 Å². The van der Waals surface area contributed by atoms with E-state index in [0.29, 0.717) is 13.0 Å². The van der Waals surface area contributed by atoms with Crippen LogP contribution in [0.5, 0.6) is 0 Å². The van der Waals surface area contributed by atoms with Gasteiger partial charge in [-0.3, -0.25) is 4.79 Å². The van der Waals surface area contributed by atoms with Crippen LogP contribution in [0.15, 0.2) is 29.2 Å². The number of carbonyl (C=O) groups is 1. The van der Waals surface area contributed by atoms with Gasteiger partial charge in [-0.25, -0.2) is 12.8 Å². The Morgan fingerprint density at radius 1 is 1.27 bits per heavy atom. The van der Waals surface area contributed by atoms with E-state index in [1.54, 1.807) is 4.90 Å². The second kappa shape index (κ2) is 6.77. The van der Waals surface area contributed by atoms with Crippen LogP contribution in [0.4, 0.5) is 4.39 Å². The molecule has 1 unspecified atom stereocenters. The molecule has 6 heteroatoms. The number of carbonyl (C=O) groups excluding carboxylic acids is 1. The average Bonchev–Trinajstić information content (AvgIpc) is 2.99. The van der Waals surface area contributed by atoms with Crippen LogP contribution in [0.2, 0.25) is 0 Å². The van der Waals surface area contributed by atoms with E-state index in [2.05, 4.69) is 0 Å². The van der Waals surface area contributed by atoms with Crippen LogP contribution in [-0.4, -0.2) is 37.6 Å². The Kier molecular flexibility index (Phi) is 5.21. The van der Waals surface area contributed by atoms with Crippen molar-refractivity contribution in [3.05, 3.63) is 30.1 Å². The number of amides is 1. The Morgan fingerprint density at radius 3 is 2.41 bits per heavy atom. The molecule has 1 atom stereocenters. The molecule has 0 saturated carbocycles. The van der Waals surface area contributed by atoms with Gasteiger partial charge in [0.2, 0.25) is 5.91 Å². The average molecular weight is 327 g/mol. The molecule has 4 nitrogen and oxygen atoms in total. The first-order chi connectivity index (χ1) is 10.4. The van der Waals surface area contributed by atoms with Crippen LogP contribution in [0.3, 0.4) is 0 Å². The van der Waals surface area contributed by atoms with E-state index in [9.17, 15) is 17.6 Å². The van der Waals surface area contributed by atoms with Gasteiger partial charge < -0.3 is 4.90 Å². The van der Waals surface area contributed by atoms with Gasteiger partial charge in [-0.05, 0) is 43.5 Å². The van der Waals surface area contributed by atoms with E-state index in [-0.39, 0.29) is 23.3 Å². The standard InChI is InChI=1S/C16H22FNO3S/c1-3-12(4-2)16(19)18-10-9-15(11-18)22(20,21)14-7-5-13(17)6-8-14/h5-8,12,15H,3-4,9-11H2,1-2H3. The Labute approximate surface area is 131 Å². The fourth-order valence-electron chi connectivity index (χ4n) is 2.89. The topological polar surface area (TPSA) is 54.5 Å². The molecule has 0 aromatic heterocycles. The van der Waals surface area contributed by atoms with Crippen molar-refractivity contribution in [1.29, 1.82) is 0 Å². The maximum absolute atomic E-state index is 12.9. The lowest BCUT2D eigenvalue weighted by atomic mass is 10.0. The van der Waals surface area contributed by atoms with Gasteiger partial charge in [0.1, 0.15) is 5.82 Å². The van der Waals surface area contributed by atoms with Crippen LogP contribution < -0.4 is 0 Å². The third kappa shape index (κ3) is 3.32. The summed E-state index contributed by atoms with van der Waals surface area (Å²) in [4.78, 5) is 14.1. The van der Waals surface area contributed by atoms with Gasteiger partial charge >= 0.3 is 0 Å². The van der Waals surface area contributed by atoms with Gasteiger partial charge in [0.25, 0.3) is 0 Å². The Bertz CT molecular complexity index is 623. The summed E-state index contributed by atoms with van der Waals surface area (Å²) in [6.45, 7) is 4.64. The highest BCUT2D eigenvalue weighted by molar-refractivity contribution is 7.92. The van der Waals surface area contributed by atoms with E-state index in [0.717, 1.165) is 25.0 Å². The quantitative estimate of drug-likeness (QED) is 0.781.